The van der Waals surface area contributed by atoms with Crippen LogP contribution in [0.2, 0.25) is 0 Å². The molecule has 0 radical (unpaired) electrons. The van der Waals surface area contributed by atoms with Crippen molar-refractivity contribution in [3.63, 3.8) is 0 Å². The summed E-state index contributed by atoms with van der Waals surface area (Å²) in [6, 6.07) is 51.2. The Labute approximate surface area is 315 Å². The monoisotopic (exact) mass is 688 g/mol. The molecule has 0 aromatic heterocycles. The molecule has 6 atom stereocenters. The molecule has 262 valence electrons. The molecule has 0 bridgehead atoms. The number of hydrogen-bond donors (Lipinski definition) is 0. The second-order valence-corrected chi connectivity index (χ2v) is 17.3. The molecular formula is C51H48N2. The molecule has 2 fully saturated rings. The molecule has 5 aliphatic rings. The predicted molar refractivity (Wildman–Crippen MR) is 222 cm³/mol. The van der Waals surface area contributed by atoms with Crippen LogP contribution in [0.25, 0.3) is 33.4 Å². The van der Waals surface area contributed by atoms with Gasteiger partial charge in [-0.05, 0) is 162 Å². The van der Waals surface area contributed by atoms with E-state index in [1.54, 1.807) is 0 Å². The molecule has 2 aliphatic heterocycles. The van der Waals surface area contributed by atoms with Crippen LogP contribution in [0.15, 0.2) is 133 Å². The maximum atomic E-state index is 2.67. The topological polar surface area (TPSA) is 6.48 Å². The summed E-state index contributed by atoms with van der Waals surface area (Å²) in [6.07, 6.45) is 6.07. The first-order valence-corrected chi connectivity index (χ1v) is 20.1. The summed E-state index contributed by atoms with van der Waals surface area (Å²) < 4.78 is 0. The summed E-state index contributed by atoms with van der Waals surface area (Å²) in [5.74, 6) is 2.38. The molecule has 11 rings (SSSR count). The van der Waals surface area contributed by atoms with Crippen molar-refractivity contribution in [2.24, 2.45) is 11.8 Å². The predicted octanol–water partition coefficient (Wildman–Crippen LogP) is 13.4. The Bertz CT molecular complexity index is 2260. The summed E-state index contributed by atoms with van der Waals surface area (Å²) in [6.45, 7) is 9.94. The highest BCUT2D eigenvalue weighted by atomic mass is 15.3. The molecule has 53 heavy (non-hydrogen) atoms. The van der Waals surface area contributed by atoms with E-state index in [0.717, 1.165) is 6.42 Å². The Hall–Kier alpha value is -5.08. The maximum Gasteiger partial charge on any atom is 0.0518 e. The highest BCUT2D eigenvalue weighted by Crippen LogP contribution is 2.62. The molecule has 0 saturated heterocycles. The zero-order valence-electron chi connectivity index (χ0n) is 31.4. The van der Waals surface area contributed by atoms with Gasteiger partial charge in [-0.3, -0.25) is 0 Å². The minimum absolute atomic E-state index is 0.106. The Morgan fingerprint density at radius 1 is 0.453 bits per heavy atom. The van der Waals surface area contributed by atoms with Crippen LogP contribution in [0, 0.1) is 11.8 Å². The van der Waals surface area contributed by atoms with Gasteiger partial charge >= 0.3 is 0 Å². The molecule has 2 saturated carbocycles. The first kappa shape index (κ1) is 31.4. The van der Waals surface area contributed by atoms with Crippen molar-refractivity contribution in [2.45, 2.75) is 82.7 Å². The average Bonchev–Trinajstić information content (AvgIpc) is 3.93. The average molecular weight is 689 g/mol. The maximum absolute atomic E-state index is 2.67. The first-order valence-electron chi connectivity index (χ1n) is 20.1. The van der Waals surface area contributed by atoms with E-state index in [-0.39, 0.29) is 11.1 Å². The number of anilines is 4. The van der Waals surface area contributed by atoms with Crippen LogP contribution in [-0.2, 0) is 6.42 Å². The van der Waals surface area contributed by atoms with Crippen LogP contribution in [0.5, 0.6) is 0 Å². The summed E-state index contributed by atoms with van der Waals surface area (Å²) in [5, 5.41) is 0. The quantitative estimate of drug-likeness (QED) is 0.182. The Morgan fingerprint density at radius 3 is 1.28 bits per heavy atom. The normalized spacial score (nSPS) is 27.3. The third-order valence-corrected chi connectivity index (χ3v) is 15.0. The van der Waals surface area contributed by atoms with E-state index < -0.39 is 0 Å². The summed E-state index contributed by atoms with van der Waals surface area (Å²) in [4.78, 5) is 5.33. The third kappa shape index (κ3) is 4.27. The molecule has 2 nitrogen and oxygen atoms in total. The molecule has 0 N–H and O–H groups in total. The Kier molecular flexibility index (Phi) is 6.65. The van der Waals surface area contributed by atoms with Crippen LogP contribution in [0.3, 0.4) is 0 Å². The number of para-hydroxylation sites is 2. The fraction of sp³-hybridized carbons (Fsp3) is 0.294. The highest BCUT2D eigenvalue weighted by Gasteiger charge is 2.56. The van der Waals surface area contributed by atoms with E-state index in [2.05, 4.69) is 171 Å². The van der Waals surface area contributed by atoms with Gasteiger partial charge < -0.3 is 9.80 Å². The standard InChI is InChI=1S/C51H48N2/c1-32-15-23-46-44-30-36(19-25-48(44)52(50(32,46)3)40-11-7-5-8-12-40)34-17-21-42-38(27-34)29-39-28-35(18-22-43(39)42)37-20-26-49-45(31-37)47-24-16-33(2)51(47,4)53(49)41-13-9-6-10-14-41/h5-14,17-22,25-28,30-33,46-47H,15-16,23-24,29H2,1-4H3. The molecule has 6 aromatic rings. The molecule has 2 heterocycles. The molecule has 0 spiro atoms. The smallest absolute Gasteiger partial charge is 0.0518 e. The van der Waals surface area contributed by atoms with Crippen molar-refractivity contribution >= 4 is 22.7 Å². The van der Waals surface area contributed by atoms with Crippen molar-refractivity contribution in [2.75, 3.05) is 9.80 Å². The number of rotatable bonds is 4. The zero-order valence-corrected chi connectivity index (χ0v) is 31.4. The molecular weight excluding hydrogens is 641 g/mol. The van der Waals surface area contributed by atoms with Crippen molar-refractivity contribution < 1.29 is 0 Å². The Morgan fingerprint density at radius 2 is 0.849 bits per heavy atom. The molecule has 3 aliphatic carbocycles. The lowest BCUT2D eigenvalue weighted by atomic mass is 9.81. The molecule has 6 aromatic carbocycles. The van der Waals surface area contributed by atoms with E-state index in [0.29, 0.717) is 23.7 Å². The fourth-order valence-corrected chi connectivity index (χ4v) is 11.9. The van der Waals surface area contributed by atoms with Gasteiger partial charge in [0.1, 0.15) is 0 Å². The van der Waals surface area contributed by atoms with Crippen LogP contribution in [-0.4, -0.2) is 11.1 Å². The number of benzene rings is 6. The SMILES string of the molecule is CC1CCC2c3cc(-c4ccc5c(c4)Cc4cc(-c6ccc7c(c6)C6CCC(C)C6(C)N7c6ccccc6)ccc4-5)ccc3N(c3ccccc3)C12C. The third-order valence-electron chi connectivity index (χ3n) is 15.0. The van der Waals surface area contributed by atoms with Crippen LogP contribution >= 0.6 is 0 Å². The van der Waals surface area contributed by atoms with Gasteiger partial charge in [0.15, 0.2) is 0 Å². The fourth-order valence-electron chi connectivity index (χ4n) is 11.9. The van der Waals surface area contributed by atoms with Gasteiger partial charge in [0.2, 0.25) is 0 Å². The summed E-state index contributed by atoms with van der Waals surface area (Å²) in [5.41, 5.74) is 19.7. The summed E-state index contributed by atoms with van der Waals surface area (Å²) in [7, 11) is 0. The minimum atomic E-state index is 0.106. The summed E-state index contributed by atoms with van der Waals surface area (Å²) >= 11 is 0. The van der Waals surface area contributed by atoms with Gasteiger partial charge in [0.25, 0.3) is 0 Å². The second kappa shape index (κ2) is 11.2. The molecule has 0 amide bonds. The lowest BCUT2D eigenvalue weighted by molar-refractivity contribution is 0.355. The number of hydrogen-bond acceptors (Lipinski definition) is 2. The lowest BCUT2D eigenvalue weighted by Crippen LogP contribution is -2.45. The minimum Gasteiger partial charge on any atom is -0.334 e. The van der Waals surface area contributed by atoms with Gasteiger partial charge in [-0.1, -0.05) is 98.8 Å². The van der Waals surface area contributed by atoms with Gasteiger partial charge in [0, 0.05) is 34.6 Å². The van der Waals surface area contributed by atoms with E-state index in [1.165, 1.54) is 104 Å². The molecule has 2 heteroatoms. The van der Waals surface area contributed by atoms with Gasteiger partial charge in [-0.25, -0.2) is 0 Å². The van der Waals surface area contributed by atoms with Crippen LogP contribution in [0.1, 0.15) is 87.5 Å². The molecule has 6 unspecified atom stereocenters. The van der Waals surface area contributed by atoms with Crippen molar-refractivity contribution in [3.8, 4) is 33.4 Å². The van der Waals surface area contributed by atoms with Gasteiger partial charge in [-0.2, -0.15) is 0 Å². The highest BCUT2D eigenvalue weighted by molar-refractivity contribution is 5.86. The largest absolute Gasteiger partial charge is 0.334 e. The van der Waals surface area contributed by atoms with E-state index in [9.17, 15) is 0 Å². The van der Waals surface area contributed by atoms with Gasteiger partial charge in [-0.15, -0.1) is 0 Å². The van der Waals surface area contributed by atoms with Crippen molar-refractivity contribution in [1.29, 1.82) is 0 Å². The number of fused-ring (bicyclic) bond motifs is 9. The second-order valence-electron chi connectivity index (χ2n) is 17.3. The first-order chi connectivity index (χ1) is 25.8. The van der Waals surface area contributed by atoms with Crippen LogP contribution in [0.4, 0.5) is 22.7 Å². The van der Waals surface area contributed by atoms with Crippen molar-refractivity contribution in [3.05, 3.63) is 156 Å². The number of nitrogens with zero attached hydrogens (tertiary/aromatic N) is 2. The van der Waals surface area contributed by atoms with E-state index in [4.69, 9.17) is 0 Å². The lowest BCUT2D eigenvalue weighted by Gasteiger charge is -2.41. The van der Waals surface area contributed by atoms with Crippen molar-refractivity contribution in [1.82, 2.24) is 0 Å². The zero-order chi connectivity index (χ0) is 35.6. The Balaban J connectivity index is 0.911. The van der Waals surface area contributed by atoms with E-state index >= 15 is 0 Å². The van der Waals surface area contributed by atoms with E-state index in [1.807, 2.05) is 0 Å². The van der Waals surface area contributed by atoms with Gasteiger partial charge in [0.05, 0.1) is 11.1 Å². The van der Waals surface area contributed by atoms with Crippen LogP contribution < -0.4 is 9.80 Å².